The fraction of sp³-hybridized carbons (Fsp3) is 0.875. The molecule has 0 saturated heterocycles. The molecule has 0 unspecified atom stereocenters. The molecule has 0 rings (SSSR count). The molecule has 0 fully saturated rings. The fourth-order valence-corrected chi connectivity index (χ4v) is 12.3. The molecule has 0 aliphatic heterocycles. The number of hydrogen-bond donors (Lipinski definition) is 0. The van der Waals surface area contributed by atoms with Crippen molar-refractivity contribution in [3.63, 3.8) is 0 Å². The zero-order chi connectivity index (χ0) is 8.91. The summed E-state index contributed by atoms with van der Waals surface area (Å²) >= 11 is -2.55. The van der Waals surface area contributed by atoms with Crippen LogP contribution in [-0.4, -0.2) is 31.8 Å². The van der Waals surface area contributed by atoms with Crippen LogP contribution in [0.15, 0.2) is 0 Å². The molecule has 0 aromatic carbocycles. The van der Waals surface area contributed by atoms with Crippen molar-refractivity contribution in [2.24, 2.45) is 0 Å². The maximum absolute atomic E-state index is 11.4. The summed E-state index contributed by atoms with van der Waals surface area (Å²) in [5.41, 5.74) is 0. The summed E-state index contributed by atoms with van der Waals surface area (Å²) in [6, 6.07) is 0. The SMILES string of the molecule is C[CH2][Pb]([CH2]C)([CH2]C)[C](=O)OC. The minimum atomic E-state index is -2.55. The van der Waals surface area contributed by atoms with Crippen LogP contribution < -0.4 is 0 Å². The van der Waals surface area contributed by atoms with Gasteiger partial charge in [0.1, 0.15) is 0 Å². The number of rotatable bonds is 4. The van der Waals surface area contributed by atoms with Crippen molar-refractivity contribution in [2.45, 2.75) is 32.7 Å². The number of hydrogen-bond acceptors (Lipinski definition) is 2. The molecule has 0 aromatic heterocycles. The Bertz CT molecular complexity index is 122. The second-order valence-electron chi connectivity index (χ2n) is 2.83. The van der Waals surface area contributed by atoms with E-state index in [1.54, 1.807) is 0 Å². The van der Waals surface area contributed by atoms with Gasteiger partial charge in [-0.05, 0) is 0 Å². The molecule has 0 aliphatic rings. The molecule has 2 nitrogen and oxygen atoms in total. The third-order valence-electron chi connectivity index (χ3n) is 2.65. The molecule has 0 aliphatic carbocycles. The van der Waals surface area contributed by atoms with Crippen molar-refractivity contribution in [1.82, 2.24) is 0 Å². The molecule has 0 saturated carbocycles. The van der Waals surface area contributed by atoms with Gasteiger partial charge in [0.05, 0.1) is 0 Å². The maximum atomic E-state index is 11.4. The van der Waals surface area contributed by atoms with Crippen LogP contribution in [0.4, 0.5) is 4.79 Å². The van der Waals surface area contributed by atoms with Gasteiger partial charge in [0.15, 0.2) is 0 Å². The summed E-state index contributed by atoms with van der Waals surface area (Å²) in [5.74, 6) is 0. The Hall–Kier alpha value is 0.392. The summed E-state index contributed by atoms with van der Waals surface area (Å²) in [6.07, 6.45) is 0. The van der Waals surface area contributed by atoms with Crippen LogP contribution >= 0.6 is 0 Å². The molecular formula is C8H18O2Pb. The Morgan fingerprint density at radius 3 is 1.64 bits per heavy atom. The van der Waals surface area contributed by atoms with Gasteiger partial charge < -0.3 is 0 Å². The number of methoxy groups -OCH3 is 1. The van der Waals surface area contributed by atoms with Crippen LogP contribution in [0, 0.1) is 0 Å². The van der Waals surface area contributed by atoms with Crippen LogP contribution in [0.5, 0.6) is 0 Å². The van der Waals surface area contributed by atoms with Crippen LogP contribution in [-0.2, 0) is 4.74 Å². The van der Waals surface area contributed by atoms with Crippen LogP contribution in [0.2, 0.25) is 11.9 Å². The molecule has 0 N–H and O–H groups in total. The quantitative estimate of drug-likeness (QED) is 0.727. The van der Waals surface area contributed by atoms with Crippen LogP contribution in [0.1, 0.15) is 20.8 Å². The van der Waals surface area contributed by atoms with Crippen molar-refractivity contribution >= 4 is 24.7 Å². The van der Waals surface area contributed by atoms with Crippen molar-refractivity contribution in [3.05, 3.63) is 0 Å². The molecule has 0 spiro atoms. The van der Waals surface area contributed by atoms with Crippen molar-refractivity contribution in [3.8, 4) is 0 Å². The third-order valence-corrected chi connectivity index (χ3v) is 22.6. The molecule has 0 radical (unpaired) electrons. The molecule has 0 atom stereocenters. The Morgan fingerprint density at radius 2 is 1.55 bits per heavy atom. The van der Waals surface area contributed by atoms with Gasteiger partial charge in [-0.15, -0.1) is 0 Å². The molecule has 0 aromatic rings. The fourth-order valence-electron chi connectivity index (χ4n) is 1.40. The molecule has 0 heterocycles. The van der Waals surface area contributed by atoms with E-state index < -0.39 is 21.2 Å². The third kappa shape index (κ3) is 2.42. The van der Waals surface area contributed by atoms with E-state index in [9.17, 15) is 4.79 Å². The first-order valence-corrected chi connectivity index (χ1v) is 14.4. The normalized spacial score (nSPS) is 11.3. The summed E-state index contributed by atoms with van der Waals surface area (Å²) < 4.78 is 8.28. The van der Waals surface area contributed by atoms with Gasteiger partial charge in [-0.1, -0.05) is 0 Å². The Balaban J connectivity index is 4.39. The first-order chi connectivity index (χ1) is 5.16. The van der Waals surface area contributed by atoms with Gasteiger partial charge in [0, 0.05) is 0 Å². The average Bonchev–Trinajstić information content (AvgIpc) is 2.08. The van der Waals surface area contributed by atoms with Crippen molar-refractivity contribution < 1.29 is 9.53 Å². The van der Waals surface area contributed by atoms with Crippen molar-refractivity contribution in [2.75, 3.05) is 7.11 Å². The predicted molar refractivity (Wildman–Crippen MR) is 49.6 cm³/mol. The van der Waals surface area contributed by atoms with Gasteiger partial charge >= 0.3 is 74.1 Å². The Kier molecular flexibility index (Phi) is 5.29. The summed E-state index contributed by atoms with van der Waals surface area (Å²) in [6.45, 7) is 6.39. The zero-order valence-corrected chi connectivity index (χ0v) is 11.8. The van der Waals surface area contributed by atoms with Gasteiger partial charge in [0.25, 0.3) is 0 Å². The molecule has 3 heteroatoms. The van der Waals surface area contributed by atoms with E-state index in [0.717, 1.165) is 11.9 Å². The van der Waals surface area contributed by atoms with Gasteiger partial charge in [-0.25, -0.2) is 0 Å². The predicted octanol–water partition coefficient (Wildman–Crippen LogP) is 2.84. The first-order valence-electron chi connectivity index (χ1n) is 4.25. The zero-order valence-electron chi connectivity index (χ0n) is 7.94. The standard InChI is InChI=1S/C2H3O2.3C2H5.Pb/c1-4-2-3;3*1-2;/h1H3;3*1H2,2H3;. The monoisotopic (exact) mass is 354 g/mol. The van der Waals surface area contributed by atoms with E-state index in [1.165, 1.54) is 7.11 Å². The van der Waals surface area contributed by atoms with Crippen LogP contribution in [0.3, 0.4) is 0 Å². The second kappa shape index (κ2) is 5.11. The molecule has 0 bridgehead atoms. The molecular weight excluding hydrogens is 335 g/mol. The Labute approximate surface area is 74.0 Å². The van der Waals surface area contributed by atoms with E-state index in [-0.39, 0.29) is 3.53 Å². The van der Waals surface area contributed by atoms with Crippen LogP contribution in [0.25, 0.3) is 0 Å². The minimum absolute atomic E-state index is 0.157. The Morgan fingerprint density at radius 1 is 1.18 bits per heavy atom. The summed E-state index contributed by atoms with van der Waals surface area (Å²) in [4.78, 5) is 11.4. The van der Waals surface area contributed by atoms with E-state index in [4.69, 9.17) is 4.74 Å². The van der Waals surface area contributed by atoms with Gasteiger partial charge in [0.2, 0.25) is 0 Å². The molecule has 0 amide bonds. The van der Waals surface area contributed by atoms with E-state index in [2.05, 4.69) is 20.8 Å². The van der Waals surface area contributed by atoms with E-state index in [0.29, 0.717) is 0 Å². The number of ether oxygens (including phenoxy) is 1. The summed E-state index contributed by atoms with van der Waals surface area (Å²) in [5, 5.41) is 0. The molecule has 66 valence electrons. The number of carbonyl (C=O) groups excluding carboxylic acids is 1. The summed E-state index contributed by atoms with van der Waals surface area (Å²) in [7, 11) is 1.51. The van der Waals surface area contributed by atoms with Crippen molar-refractivity contribution in [1.29, 1.82) is 0 Å². The first kappa shape index (κ1) is 11.4. The topological polar surface area (TPSA) is 26.3 Å². The van der Waals surface area contributed by atoms with E-state index in [1.807, 2.05) is 0 Å². The second-order valence-corrected chi connectivity index (χ2v) is 22.6. The average molecular weight is 353 g/mol. The van der Waals surface area contributed by atoms with Gasteiger partial charge in [-0.2, -0.15) is 0 Å². The van der Waals surface area contributed by atoms with E-state index >= 15 is 0 Å². The number of carbonyl (C=O) groups is 1. The van der Waals surface area contributed by atoms with Gasteiger partial charge in [-0.3, -0.25) is 0 Å². The molecule has 11 heavy (non-hydrogen) atoms.